The molecule has 18 heavy (non-hydrogen) atoms. The second-order valence-corrected chi connectivity index (χ2v) is 4.74. The zero-order valence-electron chi connectivity index (χ0n) is 10.6. The van der Waals surface area contributed by atoms with Gasteiger partial charge in [0.05, 0.1) is 19.3 Å². The molecule has 0 radical (unpaired) electrons. The van der Waals surface area contributed by atoms with Crippen LogP contribution in [-0.4, -0.2) is 41.4 Å². The van der Waals surface area contributed by atoms with Crippen LogP contribution in [0, 0.1) is 0 Å². The van der Waals surface area contributed by atoms with Crippen LogP contribution in [0.4, 0.5) is 0 Å². The maximum Gasteiger partial charge on any atom is 0.175 e. The number of aliphatic hydroxyl groups is 2. The summed E-state index contributed by atoms with van der Waals surface area (Å²) < 4.78 is 11.4. The van der Waals surface area contributed by atoms with Crippen LogP contribution in [0.3, 0.4) is 0 Å². The van der Waals surface area contributed by atoms with E-state index in [9.17, 15) is 5.11 Å². The predicted molar refractivity (Wildman–Crippen MR) is 67.9 cm³/mol. The van der Waals surface area contributed by atoms with Crippen molar-refractivity contribution in [2.24, 2.45) is 0 Å². The third kappa shape index (κ3) is 2.42. The summed E-state index contributed by atoms with van der Waals surface area (Å²) in [6.07, 6.45) is 5.51. The number of ether oxygens (including phenoxy) is 2. The summed E-state index contributed by atoms with van der Waals surface area (Å²) in [6.45, 7) is 5.96. The van der Waals surface area contributed by atoms with E-state index in [1.54, 1.807) is 6.08 Å². The van der Waals surface area contributed by atoms with Crippen molar-refractivity contribution in [2.75, 3.05) is 13.2 Å². The zero-order chi connectivity index (χ0) is 13.2. The van der Waals surface area contributed by atoms with Gasteiger partial charge in [0, 0.05) is 12.8 Å². The molecule has 0 aromatic heterocycles. The van der Waals surface area contributed by atoms with Crippen LogP contribution in [0.1, 0.15) is 19.8 Å². The first kappa shape index (κ1) is 13.5. The Morgan fingerprint density at radius 1 is 1.50 bits per heavy atom. The van der Waals surface area contributed by atoms with Gasteiger partial charge in [-0.25, -0.2) is 0 Å². The van der Waals surface area contributed by atoms with Crippen molar-refractivity contribution < 1.29 is 19.7 Å². The SMILES string of the molecule is C=CC1=C(/C=C\C)CC2(CC(O)C(CO)O2)OC1. The molecule has 0 aliphatic carbocycles. The van der Waals surface area contributed by atoms with Crippen LogP contribution in [0.25, 0.3) is 0 Å². The second-order valence-electron chi connectivity index (χ2n) is 4.74. The van der Waals surface area contributed by atoms with E-state index in [4.69, 9.17) is 14.6 Å². The van der Waals surface area contributed by atoms with Gasteiger partial charge in [0.25, 0.3) is 0 Å². The fraction of sp³-hybridized carbons (Fsp3) is 0.571. The van der Waals surface area contributed by atoms with E-state index in [0.29, 0.717) is 19.4 Å². The fourth-order valence-corrected chi connectivity index (χ4v) is 2.53. The minimum absolute atomic E-state index is 0.191. The van der Waals surface area contributed by atoms with E-state index in [1.807, 2.05) is 19.1 Å². The molecule has 2 aliphatic rings. The van der Waals surface area contributed by atoms with Crippen molar-refractivity contribution >= 4 is 0 Å². The van der Waals surface area contributed by atoms with Gasteiger partial charge in [0.1, 0.15) is 6.10 Å². The number of rotatable bonds is 3. The molecule has 4 heteroatoms. The summed E-state index contributed by atoms with van der Waals surface area (Å²) in [6, 6.07) is 0. The maximum absolute atomic E-state index is 9.83. The quantitative estimate of drug-likeness (QED) is 0.795. The van der Waals surface area contributed by atoms with E-state index >= 15 is 0 Å². The summed E-state index contributed by atoms with van der Waals surface area (Å²) >= 11 is 0. The minimum Gasteiger partial charge on any atom is -0.394 e. The molecule has 3 atom stereocenters. The standard InChI is InChI=1S/C14H20O4/c1-3-5-11-6-14(17-9-10(11)4-2)7-12(16)13(8-15)18-14/h3-5,12-13,15-16H,2,6-9H2,1H3/b5-3-. The Morgan fingerprint density at radius 2 is 2.28 bits per heavy atom. The van der Waals surface area contributed by atoms with E-state index < -0.39 is 18.0 Å². The van der Waals surface area contributed by atoms with Gasteiger partial charge >= 0.3 is 0 Å². The summed E-state index contributed by atoms with van der Waals surface area (Å²) in [5.41, 5.74) is 2.16. The lowest BCUT2D eigenvalue weighted by molar-refractivity contribution is -0.229. The highest BCUT2D eigenvalue weighted by Crippen LogP contribution is 2.41. The van der Waals surface area contributed by atoms with Gasteiger partial charge in [-0.3, -0.25) is 0 Å². The largest absolute Gasteiger partial charge is 0.394 e. The lowest BCUT2D eigenvalue weighted by atomic mass is 9.94. The van der Waals surface area contributed by atoms with Crippen molar-refractivity contribution in [3.8, 4) is 0 Å². The van der Waals surface area contributed by atoms with Crippen LogP contribution >= 0.6 is 0 Å². The van der Waals surface area contributed by atoms with Crippen LogP contribution in [-0.2, 0) is 9.47 Å². The topological polar surface area (TPSA) is 58.9 Å². The third-order valence-corrected chi connectivity index (χ3v) is 3.47. The van der Waals surface area contributed by atoms with Gasteiger partial charge in [0.15, 0.2) is 5.79 Å². The first-order chi connectivity index (χ1) is 8.64. The second kappa shape index (κ2) is 5.36. The number of aliphatic hydroxyl groups excluding tert-OH is 2. The zero-order valence-corrected chi connectivity index (χ0v) is 10.6. The molecule has 2 aliphatic heterocycles. The molecule has 1 saturated heterocycles. The molecule has 2 heterocycles. The molecule has 2 rings (SSSR count). The van der Waals surface area contributed by atoms with E-state index in [-0.39, 0.29) is 6.61 Å². The Labute approximate surface area is 107 Å². The van der Waals surface area contributed by atoms with Crippen molar-refractivity contribution in [3.05, 3.63) is 36.0 Å². The first-order valence-corrected chi connectivity index (χ1v) is 6.22. The van der Waals surface area contributed by atoms with Crippen LogP contribution in [0.15, 0.2) is 36.0 Å². The highest BCUT2D eigenvalue weighted by atomic mass is 16.7. The highest BCUT2D eigenvalue weighted by molar-refractivity contribution is 5.35. The minimum atomic E-state index is -0.797. The van der Waals surface area contributed by atoms with Gasteiger partial charge in [-0.05, 0) is 18.1 Å². The fourth-order valence-electron chi connectivity index (χ4n) is 2.53. The summed E-state index contributed by atoms with van der Waals surface area (Å²) in [5, 5.41) is 19.0. The lowest BCUT2D eigenvalue weighted by Gasteiger charge is -2.34. The summed E-state index contributed by atoms with van der Waals surface area (Å²) in [7, 11) is 0. The lowest BCUT2D eigenvalue weighted by Crippen LogP contribution is -2.37. The van der Waals surface area contributed by atoms with Crippen LogP contribution in [0.5, 0.6) is 0 Å². The summed E-state index contributed by atoms with van der Waals surface area (Å²) in [5.74, 6) is -0.797. The van der Waals surface area contributed by atoms with Gasteiger partial charge in [-0.2, -0.15) is 0 Å². The number of hydrogen-bond acceptors (Lipinski definition) is 4. The molecule has 0 bridgehead atoms. The molecule has 3 unspecified atom stereocenters. The summed E-state index contributed by atoms with van der Waals surface area (Å²) in [4.78, 5) is 0. The Balaban J connectivity index is 2.20. The maximum atomic E-state index is 9.83. The Kier molecular flexibility index (Phi) is 4.02. The molecular formula is C14H20O4. The normalized spacial score (nSPS) is 36.8. The van der Waals surface area contributed by atoms with Crippen molar-refractivity contribution in [3.63, 3.8) is 0 Å². The molecule has 0 amide bonds. The monoisotopic (exact) mass is 252 g/mol. The van der Waals surface area contributed by atoms with E-state index in [0.717, 1.165) is 11.1 Å². The molecule has 0 saturated carbocycles. The Hall–Kier alpha value is -0.940. The van der Waals surface area contributed by atoms with E-state index in [1.165, 1.54) is 0 Å². The molecule has 4 nitrogen and oxygen atoms in total. The number of hydrogen-bond donors (Lipinski definition) is 2. The molecule has 1 fully saturated rings. The average Bonchev–Trinajstić information content (AvgIpc) is 2.66. The Morgan fingerprint density at radius 3 is 2.83 bits per heavy atom. The van der Waals surface area contributed by atoms with Crippen LogP contribution < -0.4 is 0 Å². The molecule has 100 valence electrons. The molecule has 0 aromatic rings. The van der Waals surface area contributed by atoms with E-state index in [2.05, 4.69) is 6.58 Å². The Bertz CT molecular complexity index is 385. The van der Waals surface area contributed by atoms with Gasteiger partial charge < -0.3 is 19.7 Å². The number of allylic oxidation sites excluding steroid dienone is 2. The van der Waals surface area contributed by atoms with Crippen molar-refractivity contribution in [1.29, 1.82) is 0 Å². The third-order valence-electron chi connectivity index (χ3n) is 3.47. The molecular weight excluding hydrogens is 232 g/mol. The highest BCUT2D eigenvalue weighted by Gasteiger charge is 2.48. The average molecular weight is 252 g/mol. The molecule has 1 spiro atoms. The molecule has 0 aromatic carbocycles. The van der Waals surface area contributed by atoms with Gasteiger partial charge in [-0.1, -0.05) is 24.8 Å². The smallest absolute Gasteiger partial charge is 0.175 e. The van der Waals surface area contributed by atoms with Gasteiger partial charge in [0.2, 0.25) is 0 Å². The van der Waals surface area contributed by atoms with Gasteiger partial charge in [-0.15, -0.1) is 0 Å². The first-order valence-electron chi connectivity index (χ1n) is 6.22. The van der Waals surface area contributed by atoms with Crippen LogP contribution in [0.2, 0.25) is 0 Å². The molecule has 2 N–H and O–H groups in total. The van der Waals surface area contributed by atoms with Crippen molar-refractivity contribution in [1.82, 2.24) is 0 Å². The van der Waals surface area contributed by atoms with Crippen molar-refractivity contribution in [2.45, 2.75) is 37.8 Å². The predicted octanol–water partition coefficient (Wildman–Crippen LogP) is 1.30.